The van der Waals surface area contributed by atoms with Gasteiger partial charge < -0.3 is 20.3 Å². The molecule has 134 valence electrons. The van der Waals surface area contributed by atoms with Crippen LogP contribution in [0.3, 0.4) is 0 Å². The van der Waals surface area contributed by atoms with Crippen molar-refractivity contribution < 1.29 is 19.4 Å². The normalized spacial score (nSPS) is 13.1. The highest BCUT2D eigenvalue weighted by atomic mass is 32.2. The van der Waals surface area contributed by atoms with Crippen LogP contribution >= 0.6 is 23.5 Å². The highest BCUT2D eigenvalue weighted by Gasteiger charge is 2.30. The highest BCUT2D eigenvalue weighted by Crippen LogP contribution is 2.41. The molecule has 0 heterocycles. The van der Waals surface area contributed by atoms with Crippen molar-refractivity contribution in [2.75, 3.05) is 26.2 Å². The zero-order valence-electron chi connectivity index (χ0n) is 14.3. The molecule has 25 heavy (non-hydrogen) atoms. The van der Waals surface area contributed by atoms with Gasteiger partial charge in [-0.05, 0) is 42.2 Å². The van der Waals surface area contributed by atoms with Crippen LogP contribution in [0.2, 0.25) is 0 Å². The molecule has 0 saturated heterocycles. The third-order valence-corrected chi connectivity index (χ3v) is 5.78. The van der Waals surface area contributed by atoms with E-state index in [-0.39, 0.29) is 0 Å². The van der Waals surface area contributed by atoms with Crippen LogP contribution in [0.5, 0.6) is 5.75 Å². The van der Waals surface area contributed by atoms with Gasteiger partial charge in [0.1, 0.15) is 5.75 Å². The van der Waals surface area contributed by atoms with Crippen molar-refractivity contribution >= 4 is 35.2 Å². The second-order valence-corrected chi connectivity index (χ2v) is 7.25. The van der Waals surface area contributed by atoms with Gasteiger partial charge in [0.15, 0.2) is 6.10 Å². The lowest BCUT2D eigenvalue weighted by molar-refractivity contribution is -0.150. The monoisotopic (exact) mass is 379 g/mol. The zero-order valence-corrected chi connectivity index (χ0v) is 15.9. The molecule has 3 N–H and O–H groups in total. The number of nitrogens with two attached hydrogens (primary N) is 1. The number of esters is 1. The number of aliphatic hydroxyl groups is 1. The molecule has 5 nitrogen and oxygen atoms in total. The van der Waals surface area contributed by atoms with Crippen molar-refractivity contribution in [3.8, 4) is 5.75 Å². The minimum atomic E-state index is -1.32. The summed E-state index contributed by atoms with van der Waals surface area (Å²) >= 11 is 2.93. The molecule has 0 fully saturated rings. The number of hydrogen-bond acceptors (Lipinski definition) is 7. The number of ether oxygens (including phenoxy) is 2. The molecule has 0 aromatic heterocycles. The maximum atomic E-state index is 11.9. The van der Waals surface area contributed by atoms with E-state index < -0.39 is 17.3 Å². The van der Waals surface area contributed by atoms with E-state index in [2.05, 4.69) is 0 Å². The number of hydrogen-bond donors (Lipinski definition) is 2. The lowest BCUT2D eigenvalue weighted by Crippen LogP contribution is -2.27. The Balaban J connectivity index is 2.35. The number of carbonyl (C=O) groups excluding carboxylic acids is 1. The van der Waals surface area contributed by atoms with Crippen LogP contribution in [0.1, 0.15) is 10.8 Å². The Hall–Kier alpha value is -1.83. The summed E-state index contributed by atoms with van der Waals surface area (Å²) < 4.78 is 9.86. The first-order valence-corrected chi connectivity index (χ1v) is 9.60. The Kier molecular flexibility index (Phi) is 7.04. The maximum absolute atomic E-state index is 11.9. The summed E-state index contributed by atoms with van der Waals surface area (Å²) in [6, 6.07) is 12.9. The first-order chi connectivity index (χ1) is 12.0. The summed E-state index contributed by atoms with van der Waals surface area (Å²) in [5, 5.41) is 9.88. The van der Waals surface area contributed by atoms with E-state index in [0.717, 1.165) is 15.4 Å². The molecule has 0 amide bonds. The van der Waals surface area contributed by atoms with Gasteiger partial charge in [-0.2, -0.15) is 0 Å². The molecule has 0 spiro atoms. The Morgan fingerprint density at radius 1 is 1.16 bits per heavy atom. The van der Waals surface area contributed by atoms with Crippen molar-refractivity contribution in [2.45, 2.75) is 21.1 Å². The van der Waals surface area contributed by atoms with E-state index in [1.807, 2.05) is 36.6 Å². The Bertz CT molecular complexity index is 722. The Labute approximate surface area is 155 Å². The predicted octanol–water partition coefficient (Wildman–Crippen LogP) is 3.37. The average molecular weight is 380 g/mol. The van der Waals surface area contributed by atoms with Gasteiger partial charge in [0.05, 0.1) is 19.5 Å². The summed E-state index contributed by atoms with van der Waals surface area (Å²) in [4.78, 5) is 13.7. The van der Waals surface area contributed by atoms with E-state index in [1.54, 1.807) is 31.0 Å². The van der Waals surface area contributed by atoms with E-state index in [4.69, 9.17) is 15.2 Å². The SMILES string of the molecule is COC(=O)C(O)C(Sc1ccc(SC)cc1N)c1ccc(OC)cc1. The minimum absolute atomic E-state index is 0.555. The van der Waals surface area contributed by atoms with Crippen LogP contribution in [-0.4, -0.2) is 37.7 Å². The first kappa shape index (κ1) is 19.5. The van der Waals surface area contributed by atoms with Crippen molar-refractivity contribution in [3.63, 3.8) is 0 Å². The summed E-state index contributed by atoms with van der Waals surface area (Å²) in [5.41, 5.74) is 7.50. The van der Waals surface area contributed by atoms with Crippen molar-refractivity contribution in [1.29, 1.82) is 0 Å². The first-order valence-electron chi connectivity index (χ1n) is 7.50. The van der Waals surface area contributed by atoms with Crippen molar-refractivity contribution in [1.82, 2.24) is 0 Å². The average Bonchev–Trinajstić information content (AvgIpc) is 2.65. The molecule has 0 aliphatic carbocycles. The number of benzene rings is 2. The molecule has 0 aliphatic rings. The fourth-order valence-electron chi connectivity index (χ4n) is 2.25. The highest BCUT2D eigenvalue weighted by molar-refractivity contribution is 8.00. The van der Waals surface area contributed by atoms with E-state index in [9.17, 15) is 9.90 Å². The van der Waals surface area contributed by atoms with Gasteiger partial charge in [0, 0.05) is 15.5 Å². The van der Waals surface area contributed by atoms with Crippen molar-refractivity contribution in [3.05, 3.63) is 48.0 Å². The molecule has 2 aromatic rings. The van der Waals surface area contributed by atoms with Crippen LogP contribution in [0, 0.1) is 0 Å². The molecule has 0 bridgehead atoms. The molecule has 0 saturated carbocycles. The van der Waals surface area contributed by atoms with Gasteiger partial charge in [-0.1, -0.05) is 12.1 Å². The second-order valence-electron chi connectivity index (χ2n) is 5.18. The number of carbonyl (C=O) groups is 1. The topological polar surface area (TPSA) is 81.8 Å². The molecule has 2 unspecified atom stereocenters. The Morgan fingerprint density at radius 3 is 2.36 bits per heavy atom. The smallest absolute Gasteiger partial charge is 0.336 e. The Morgan fingerprint density at radius 2 is 1.84 bits per heavy atom. The minimum Gasteiger partial charge on any atom is -0.497 e. The molecule has 2 atom stereocenters. The molecule has 2 rings (SSSR count). The quantitative estimate of drug-likeness (QED) is 0.434. The van der Waals surface area contributed by atoms with Crippen LogP contribution < -0.4 is 10.5 Å². The van der Waals surface area contributed by atoms with Crippen LogP contribution in [0.15, 0.2) is 52.3 Å². The third-order valence-electron chi connectivity index (χ3n) is 3.64. The van der Waals surface area contributed by atoms with Crippen LogP contribution in [-0.2, 0) is 9.53 Å². The number of thioether (sulfide) groups is 2. The lowest BCUT2D eigenvalue weighted by Gasteiger charge is -2.22. The fraction of sp³-hybridized carbons (Fsp3) is 0.278. The van der Waals surface area contributed by atoms with Gasteiger partial charge in [0.25, 0.3) is 0 Å². The van der Waals surface area contributed by atoms with Gasteiger partial charge in [-0.3, -0.25) is 0 Å². The van der Waals surface area contributed by atoms with Crippen LogP contribution in [0.4, 0.5) is 5.69 Å². The van der Waals surface area contributed by atoms with Gasteiger partial charge in [-0.25, -0.2) is 4.79 Å². The van der Waals surface area contributed by atoms with E-state index in [0.29, 0.717) is 11.4 Å². The molecule has 7 heteroatoms. The molecule has 0 aliphatic heterocycles. The van der Waals surface area contributed by atoms with Crippen LogP contribution in [0.25, 0.3) is 0 Å². The number of methoxy groups -OCH3 is 2. The maximum Gasteiger partial charge on any atom is 0.336 e. The molecular formula is C18H21NO4S2. The zero-order chi connectivity index (χ0) is 18.4. The lowest BCUT2D eigenvalue weighted by atomic mass is 10.1. The number of aliphatic hydroxyl groups excluding tert-OH is 1. The largest absolute Gasteiger partial charge is 0.497 e. The van der Waals surface area contributed by atoms with Crippen molar-refractivity contribution in [2.24, 2.45) is 0 Å². The number of anilines is 1. The van der Waals surface area contributed by atoms with E-state index >= 15 is 0 Å². The van der Waals surface area contributed by atoms with Gasteiger partial charge >= 0.3 is 5.97 Å². The summed E-state index contributed by atoms with van der Waals surface area (Å²) in [7, 11) is 2.83. The molecular weight excluding hydrogens is 358 g/mol. The fourth-order valence-corrected chi connectivity index (χ4v) is 3.85. The summed E-state index contributed by atoms with van der Waals surface area (Å²) in [5.74, 6) is 0.0107. The summed E-state index contributed by atoms with van der Waals surface area (Å²) in [6.45, 7) is 0. The summed E-state index contributed by atoms with van der Waals surface area (Å²) in [6.07, 6.45) is 0.658. The molecule has 0 radical (unpaired) electrons. The third kappa shape index (κ3) is 4.84. The van der Waals surface area contributed by atoms with Gasteiger partial charge in [-0.15, -0.1) is 23.5 Å². The predicted molar refractivity (Wildman–Crippen MR) is 102 cm³/mol. The number of rotatable bonds is 7. The van der Waals surface area contributed by atoms with Gasteiger partial charge in [0.2, 0.25) is 0 Å². The van der Waals surface area contributed by atoms with E-state index in [1.165, 1.54) is 18.9 Å². The number of nitrogen functional groups attached to an aromatic ring is 1. The standard InChI is InChI=1S/C18H21NO4S2/c1-22-12-6-4-11(5-7-12)17(16(20)18(21)23-2)25-15-9-8-13(24-3)10-14(15)19/h4-10,16-17,20H,19H2,1-3H3. The molecule has 2 aromatic carbocycles. The second kappa shape index (κ2) is 9.03.